The number of rotatable bonds is 13. The quantitative estimate of drug-likeness (QED) is 0.0832. The number of carbonyl (C=O) groups is 5. The highest BCUT2D eigenvalue weighted by Crippen LogP contribution is 2.01. The van der Waals surface area contributed by atoms with Gasteiger partial charge in [-0.05, 0) is 12.8 Å². The average Bonchev–Trinajstić information content (AvgIpc) is 2.60. The summed E-state index contributed by atoms with van der Waals surface area (Å²) in [6, 6.07) is -2.88. The Balaban J connectivity index is 4.88. The van der Waals surface area contributed by atoms with E-state index < -0.39 is 54.7 Å². The molecule has 0 rings (SSSR count). The van der Waals surface area contributed by atoms with Crippen LogP contribution in [0.5, 0.6) is 0 Å². The summed E-state index contributed by atoms with van der Waals surface area (Å²) in [6.07, 6.45) is -0.586. The molecule has 0 saturated carbocycles. The van der Waals surface area contributed by atoms with Gasteiger partial charge in [0.15, 0.2) is 5.96 Å². The van der Waals surface area contributed by atoms with E-state index in [0.29, 0.717) is 0 Å². The first-order valence-corrected chi connectivity index (χ1v) is 8.13. The van der Waals surface area contributed by atoms with E-state index in [1.165, 1.54) is 0 Å². The van der Waals surface area contributed by atoms with Crippen molar-refractivity contribution in [1.29, 1.82) is 0 Å². The molecule has 0 aliphatic heterocycles. The van der Waals surface area contributed by atoms with Crippen LogP contribution in [-0.2, 0) is 24.0 Å². The van der Waals surface area contributed by atoms with Crippen LogP contribution in [0.15, 0.2) is 4.99 Å². The molecule has 0 aromatic rings. The maximum atomic E-state index is 12.2. The summed E-state index contributed by atoms with van der Waals surface area (Å²) in [7, 11) is 0. The van der Waals surface area contributed by atoms with Crippen LogP contribution in [-0.4, -0.2) is 77.6 Å². The van der Waals surface area contributed by atoms with Gasteiger partial charge in [0.25, 0.3) is 0 Å². The molecular weight excluding hydrogens is 378 g/mol. The lowest BCUT2D eigenvalue weighted by molar-refractivity contribution is -0.143. The van der Waals surface area contributed by atoms with E-state index in [0.717, 1.165) is 0 Å². The van der Waals surface area contributed by atoms with Crippen LogP contribution < -0.4 is 33.2 Å². The van der Waals surface area contributed by atoms with Gasteiger partial charge in [0.2, 0.25) is 17.7 Å². The lowest BCUT2D eigenvalue weighted by Crippen LogP contribution is -2.53. The van der Waals surface area contributed by atoms with Gasteiger partial charge in [-0.25, -0.2) is 4.79 Å². The number of carboxylic acid groups (broad SMARTS) is 2. The maximum absolute atomic E-state index is 12.2. The summed E-state index contributed by atoms with van der Waals surface area (Å²) >= 11 is 0. The third kappa shape index (κ3) is 11.2. The number of carboxylic acids is 2. The molecule has 0 radical (unpaired) electrons. The first-order chi connectivity index (χ1) is 13.1. The summed E-state index contributed by atoms with van der Waals surface area (Å²) < 4.78 is 0. The number of nitrogens with zero attached hydrogens (tertiary/aromatic N) is 1. The standard InChI is InChI=1S/C14H25N7O7/c15-5-9(22)19-6-10(23)20-8(4-11(24)25)12(26)21-7(13(27)28)2-1-3-18-14(16)17/h7-8H,1-6,15H2,(H,19,22)(H,20,23)(H,21,26)(H,24,25)(H,27,28)(H4,16,17,18). The second-order valence-corrected chi connectivity index (χ2v) is 5.55. The zero-order chi connectivity index (χ0) is 21.7. The van der Waals surface area contributed by atoms with E-state index >= 15 is 0 Å². The smallest absolute Gasteiger partial charge is 0.326 e. The fourth-order valence-corrected chi connectivity index (χ4v) is 1.91. The largest absolute Gasteiger partial charge is 0.481 e. The zero-order valence-corrected chi connectivity index (χ0v) is 15.0. The molecule has 2 atom stereocenters. The number of aliphatic imine (C=N–C) groups is 1. The van der Waals surface area contributed by atoms with Crippen molar-refractivity contribution in [2.45, 2.75) is 31.3 Å². The molecular formula is C14H25N7O7. The van der Waals surface area contributed by atoms with Crippen LogP contribution >= 0.6 is 0 Å². The second-order valence-electron chi connectivity index (χ2n) is 5.55. The molecule has 3 amide bonds. The monoisotopic (exact) mass is 403 g/mol. The van der Waals surface area contributed by atoms with Crippen LogP contribution in [0.2, 0.25) is 0 Å². The molecule has 0 aliphatic carbocycles. The van der Waals surface area contributed by atoms with E-state index in [4.69, 9.17) is 22.3 Å². The molecule has 2 unspecified atom stereocenters. The molecule has 158 valence electrons. The first-order valence-electron chi connectivity index (χ1n) is 8.13. The Labute approximate surface area is 159 Å². The van der Waals surface area contributed by atoms with Gasteiger partial charge < -0.3 is 43.4 Å². The summed E-state index contributed by atoms with van der Waals surface area (Å²) in [4.78, 5) is 60.9. The van der Waals surface area contributed by atoms with Crippen molar-refractivity contribution in [1.82, 2.24) is 16.0 Å². The minimum Gasteiger partial charge on any atom is -0.481 e. The lowest BCUT2D eigenvalue weighted by atomic mass is 10.1. The molecule has 0 aliphatic rings. The molecule has 0 fully saturated rings. The van der Waals surface area contributed by atoms with Crippen molar-refractivity contribution in [3.05, 3.63) is 0 Å². The van der Waals surface area contributed by atoms with Crippen molar-refractivity contribution in [3.8, 4) is 0 Å². The molecule has 11 N–H and O–H groups in total. The van der Waals surface area contributed by atoms with Gasteiger partial charge in [-0.15, -0.1) is 0 Å². The fraction of sp³-hybridized carbons (Fsp3) is 0.571. The summed E-state index contributed by atoms with van der Waals surface area (Å²) in [5.41, 5.74) is 15.4. The Hall–Kier alpha value is -3.42. The van der Waals surface area contributed by atoms with Gasteiger partial charge in [0, 0.05) is 6.54 Å². The van der Waals surface area contributed by atoms with E-state index in [-0.39, 0.29) is 31.9 Å². The van der Waals surface area contributed by atoms with Gasteiger partial charge in [-0.2, -0.15) is 0 Å². The molecule has 0 spiro atoms. The number of nitrogens with two attached hydrogens (primary N) is 3. The van der Waals surface area contributed by atoms with Crippen molar-refractivity contribution < 1.29 is 34.2 Å². The van der Waals surface area contributed by atoms with Gasteiger partial charge in [0.05, 0.1) is 19.5 Å². The minimum absolute atomic E-state index is 0.0296. The fourth-order valence-electron chi connectivity index (χ4n) is 1.91. The molecule has 14 heteroatoms. The average molecular weight is 403 g/mol. The summed E-state index contributed by atoms with van der Waals surface area (Å²) in [5, 5.41) is 24.5. The molecule has 0 aromatic carbocycles. The third-order valence-corrected chi connectivity index (χ3v) is 3.22. The van der Waals surface area contributed by atoms with Crippen LogP contribution in [0, 0.1) is 0 Å². The molecule has 0 bridgehead atoms. The molecule has 0 saturated heterocycles. The minimum atomic E-state index is -1.54. The van der Waals surface area contributed by atoms with Crippen LogP contribution in [0.25, 0.3) is 0 Å². The van der Waals surface area contributed by atoms with Crippen molar-refractivity contribution in [2.24, 2.45) is 22.2 Å². The van der Waals surface area contributed by atoms with E-state index in [2.05, 4.69) is 20.9 Å². The highest BCUT2D eigenvalue weighted by Gasteiger charge is 2.28. The number of carbonyl (C=O) groups excluding carboxylic acids is 3. The number of nitrogens with one attached hydrogen (secondary N) is 3. The number of hydrogen-bond acceptors (Lipinski definition) is 7. The molecule has 0 aromatic heterocycles. The number of hydrogen-bond donors (Lipinski definition) is 8. The Kier molecular flexibility index (Phi) is 11.3. The zero-order valence-electron chi connectivity index (χ0n) is 15.0. The number of aliphatic carboxylic acids is 2. The molecule has 14 nitrogen and oxygen atoms in total. The highest BCUT2D eigenvalue weighted by atomic mass is 16.4. The van der Waals surface area contributed by atoms with Crippen LogP contribution in [0.4, 0.5) is 0 Å². The second kappa shape index (κ2) is 12.9. The summed E-state index contributed by atoms with van der Waals surface area (Å²) in [5.74, 6) is -5.39. The van der Waals surface area contributed by atoms with Crippen LogP contribution in [0.3, 0.4) is 0 Å². The van der Waals surface area contributed by atoms with Crippen molar-refractivity contribution >= 4 is 35.6 Å². The Morgan fingerprint density at radius 1 is 0.964 bits per heavy atom. The van der Waals surface area contributed by atoms with Gasteiger partial charge in [-0.1, -0.05) is 0 Å². The molecule has 28 heavy (non-hydrogen) atoms. The van der Waals surface area contributed by atoms with E-state index in [9.17, 15) is 29.1 Å². The van der Waals surface area contributed by atoms with Gasteiger partial charge in [-0.3, -0.25) is 24.2 Å². The SMILES string of the molecule is NCC(=O)NCC(=O)NC(CC(=O)O)C(=O)NC(CCCN=C(N)N)C(=O)O. The van der Waals surface area contributed by atoms with E-state index in [1.807, 2.05) is 0 Å². The number of amides is 3. The number of guanidine groups is 1. The Bertz CT molecular complexity index is 619. The predicted molar refractivity (Wildman–Crippen MR) is 95.7 cm³/mol. The van der Waals surface area contributed by atoms with Gasteiger partial charge >= 0.3 is 11.9 Å². The van der Waals surface area contributed by atoms with Crippen LogP contribution in [0.1, 0.15) is 19.3 Å². The normalized spacial score (nSPS) is 12.2. The molecule has 0 heterocycles. The Morgan fingerprint density at radius 2 is 1.61 bits per heavy atom. The highest BCUT2D eigenvalue weighted by molar-refractivity contribution is 5.94. The lowest BCUT2D eigenvalue weighted by Gasteiger charge is -2.20. The third-order valence-electron chi connectivity index (χ3n) is 3.22. The van der Waals surface area contributed by atoms with Crippen molar-refractivity contribution in [3.63, 3.8) is 0 Å². The maximum Gasteiger partial charge on any atom is 0.326 e. The topological polar surface area (TPSA) is 252 Å². The van der Waals surface area contributed by atoms with Gasteiger partial charge in [0.1, 0.15) is 12.1 Å². The Morgan fingerprint density at radius 3 is 2.11 bits per heavy atom. The predicted octanol–water partition coefficient (Wildman–Crippen LogP) is -4.36. The first kappa shape index (κ1) is 24.6. The van der Waals surface area contributed by atoms with Crippen molar-refractivity contribution in [2.75, 3.05) is 19.6 Å². The van der Waals surface area contributed by atoms with E-state index in [1.54, 1.807) is 0 Å². The summed E-state index contributed by atoms with van der Waals surface area (Å²) in [6.45, 7) is -0.745.